The zero-order valence-electron chi connectivity index (χ0n) is 17.8. The molecule has 0 N–H and O–H groups in total. The van der Waals surface area contributed by atoms with Crippen LogP contribution in [0.3, 0.4) is 0 Å². The van der Waals surface area contributed by atoms with E-state index in [4.69, 9.17) is 14.5 Å². The maximum absolute atomic E-state index is 12.9. The molecule has 0 bridgehead atoms. The maximum Gasteiger partial charge on any atom is 0.243 e. The second kappa shape index (κ2) is 9.78. The van der Waals surface area contributed by atoms with Gasteiger partial charge in [-0.1, -0.05) is 15.9 Å². The SMILES string of the molecule is COc1cc(Cc2csc(N3CCN(S(=O)(=O)c4ccc(Br)cc4)CC3)n2)cc(OC)c1. The summed E-state index contributed by atoms with van der Waals surface area (Å²) in [6, 6.07) is 12.6. The van der Waals surface area contributed by atoms with E-state index >= 15 is 0 Å². The van der Waals surface area contributed by atoms with E-state index in [0.29, 0.717) is 37.5 Å². The van der Waals surface area contributed by atoms with Crippen LogP contribution < -0.4 is 14.4 Å². The molecule has 10 heteroatoms. The molecule has 1 aliphatic heterocycles. The van der Waals surface area contributed by atoms with Crippen LogP contribution in [0, 0.1) is 0 Å². The summed E-state index contributed by atoms with van der Waals surface area (Å²) in [4.78, 5) is 7.25. The first-order chi connectivity index (χ1) is 15.4. The Morgan fingerprint density at radius 2 is 1.62 bits per heavy atom. The third kappa shape index (κ3) is 5.09. The van der Waals surface area contributed by atoms with Crippen molar-refractivity contribution < 1.29 is 17.9 Å². The lowest BCUT2D eigenvalue weighted by Crippen LogP contribution is -2.48. The summed E-state index contributed by atoms with van der Waals surface area (Å²) in [5, 5.41) is 2.96. The van der Waals surface area contributed by atoms with Gasteiger partial charge in [0.25, 0.3) is 0 Å². The lowest BCUT2D eigenvalue weighted by molar-refractivity contribution is 0.384. The predicted molar refractivity (Wildman–Crippen MR) is 130 cm³/mol. The number of methoxy groups -OCH3 is 2. The molecule has 0 unspecified atom stereocenters. The van der Waals surface area contributed by atoms with Crippen molar-refractivity contribution in [3.05, 3.63) is 63.6 Å². The van der Waals surface area contributed by atoms with E-state index < -0.39 is 10.0 Å². The summed E-state index contributed by atoms with van der Waals surface area (Å²) >= 11 is 4.93. The third-order valence-corrected chi connectivity index (χ3v) is 8.69. The van der Waals surface area contributed by atoms with Crippen LogP contribution in [0.4, 0.5) is 5.13 Å². The van der Waals surface area contributed by atoms with Crippen molar-refractivity contribution in [1.82, 2.24) is 9.29 Å². The Bertz CT molecular complexity index is 1150. The molecule has 170 valence electrons. The molecule has 2 aromatic carbocycles. The van der Waals surface area contributed by atoms with Crippen LogP contribution in [0.25, 0.3) is 0 Å². The lowest BCUT2D eigenvalue weighted by Gasteiger charge is -2.33. The van der Waals surface area contributed by atoms with Crippen molar-refractivity contribution in [3.63, 3.8) is 0 Å². The third-order valence-electron chi connectivity index (χ3n) is 5.30. The number of halogens is 1. The van der Waals surface area contributed by atoms with Crippen LogP contribution in [-0.4, -0.2) is 58.1 Å². The van der Waals surface area contributed by atoms with Gasteiger partial charge in [0, 0.05) is 48.5 Å². The monoisotopic (exact) mass is 537 g/mol. The molecule has 3 aromatic rings. The second-order valence-corrected chi connectivity index (χ2v) is 11.1. The molecule has 2 heterocycles. The zero-order chi connectivity index (χ0) is 22.7. The molecule has 4 rings (SSSR count). The molecular formula is C22H24BrN3O4S2. The van der Waals surface area contributed by atoms with E-state index in [9.17, 15) is 8.42 Å². The van der Waals surface area contributed by atoms with E-state index in [1.165, 1.54) is 0 Å². The van der Waals surface area contributed by atoms with Gasteiger partial charge in [-0.25, -0.2) is 13.4 Å². The van der Waals surface area contributed by atoms with Gasteiger partial charge in [-0.2, -0.15) is 4.31 Å². The fourth-order valence-corrected chi connectivity index (χ4v) is 6.14. The highest BCUT2D eigenvalue weighted by molar-refractivity contribution is 9.10. The number of piperazine rings is 1. The van der Waals surface area contributed by atoms with Gasteiger partial charge in [-0.15, -0.1) is 11.3 Å². The smallest absolute Gasteiger partial charge is 0.243 e. The largest absolute Gasteiger partial charge is 0.497 e. The Kier molecular flexibility index (Phi) is 7.04. The van der Waals surface area contributed by atoms with Crippen LogP contribution >= 0.6 is 27.3 Å². The van der Waals surface area contributed by atoms with E-state index in [2.05, 4.69) is 20.8 Å². The Labute approximate surface area is 200 Å². The maximum atomic E-state index is 12.9. The molecule has 0 amide bonds. The summed E-state index contributed by atoms with van der Waals surface area (Å²) in [5.41, 5.74) is 2.02. The molecule has 0 radical (unpaired) electrons. The summed E-state index contributed by atoms with van der Waals surface area (Å²) in [6.07, 6.45) is 0.669. The molecular weight excluding hydrogens is 514 g/mol. The van der Waals surface area contributed by atoms with Crippen molar-refractivity contribution in [2.24, 2.45) is 0 Å². The molecule has 7 nitrogen and oxygen atoms in total. The highest BCUT2D eigenvalue weighted by atomic mass is 79.9. The van der Waals surface area contributed by atoms with Crippen molar-refractivity contribution >= 4 is 42.4 Å². The first-order valence-corrected chi connectivity index (χ1v) is 13.2. The molecule has 1 aromatic heterocycles. The number of sulfonamides is 1. The topological polar surface area (TPSA) is 72.0 Å². The Hall–Kier alpha value is -2.14. The van der Waals surface area contributed by atoms with Crippen LogP contribution in [0.2, 0.25) is 0 Å². The second-order valence-electron chi connectivity index (χ2n) is 7.36. The van der Waals surface area contributed by atoms with Crippen LogP contribution in [0.1, 0.15) is 11.3 Å². The van der Waals surface area contributed by atoms with Gasteiger partial charge in [0.2, 0.25) is 10.0 Å². The van der Waals surface area contributed by atoms with Crippen LogP contribution in [0.15, 0.2) is 57.2 Å². The fraction of sp³-hybridized carbons (Fsp3) is 0.318. The number of ether oxygens (including phenoxy) is 2. The molecule has 1 aliphatic rings. The number of aromatic nitrogens is 1. The van der Waals surface area contributed by atoms with E-state index in [1.54, 1.807) is 54.1 Å². The first-order valence-electron chi connectivity index (χ1n) is 10.1. The van der Waals surface area contributed by atoms with Crippen LogP contribution in [0.5, 0.6) is 11.5 Å². The zero-order valence-corrected chi connectivity index (χ0v) is 21.0. The number of thiazole rings is 1. The highest BCUT2D eigenvalue weighted by Gasteiger charge is 2.29. The van der Waals surface area contributed by atoms with Crippen molar-refractivity contribution in [2.75, 3.05) is 45.3 Å². The number of hydrogen-bond donors (Lipinski definition) is 0. The molecule has 0 atom stereocenters. The fourth-order valence-electron chi connectivity index (χ4n) is 3.58. The standard InChI is InChI=1S/C22H24BrN3O4S2/c1-29-19-12-16(13-20(14-19)30-2)11-18-15-31-22(24-18)25-7-9-26(10-8-25)32(27,28)21-5-3-17(23)4-6-21/h3-6,12-15H,7-11H2,1-2H3. The van der Waals surface area contributed by atoms with E-state index in [1.807, 2.05) is 23.6 Å². The Morgan fingerprint density at radius 3 is 2.22 bits per heavy atom. The van der Waals surface area contributed by atoms with Crippen LogP contribution in [-0.2, 0) is 16.4 Å². The average Bonchev–Trinajstić information content (AvgIpc) is 3.27. The van der Waals surface area contributed by atoms with Crippen molar-refractivity contribution in [1.29, 1.82) is 0 Å². The van der Waals surface area contributed by atoms with Gasteiger partial charge in [-0.05, 0) is 42.0 Å². The van der Waals surface area contributed by atoms with Gasteiger partial charge in [0.05, 0.1) is 24.8 Å². The van der Waals surface area contributed by atoms with Gasteiger partial charge in [0.15, 0.2) is 5.13 Å². The summed E-state index contributed by atoms with van der Waals surface area (Å²) in [7, 11) is -0.218. The van der Waals surface area contributed by atoms with E-state index in [0.717, 1.165) is 32.4 Å². The quantitative estimate of drug-likeness (QED) is 0.453. The normalized spacial score (nSPS) is 15.0. The van der Waals surface area contributed by atoms with Crippen molar-refractivity contribution in [2.45, 2.75) is 11.3 Å². The van der Waals surface area contributed by atoms with Gasteiger partial charge >= 0.3 is 0 Å². The molecule has 1 saturated heterocycles. The highest BCUT2D eigenvalue weighted by Crippen LogP contribution is 2.28. The number of nitrogens with zero attached hydrogens (tertiary/aromatic N) is 3. The summed E-state index contributed by atoms with van der Waals surface area (Å²) in [6.45, 7) is 2.08. The first kappa shape index (κ1) is 23.0. The predicted octanol–water partition coefficient (Wildman–Crippen LogP) is 4.02. The molecule has 0 saturated carbocycles. The molecule has 0 aliphatic carbocycles. The number of anilines is 1. The number of benzene rings is 2. The summed E-state index contributed by atoms with van der Waals surface area (Å²) < 4.78 is 38.9. The summed E-state index contributed by atoms with van der Waals surface area (Å²) in [5.74, 6) is 1.50. The van der Waals surface area contributed by atoms with E-state index in [-0.39, 0.29) is 0 Å². The molecule has 0 spiro atoms. The molecule has 32 heavy (non-hydrogen) atoms. The number of rotatable bonds is 7. The van der Waals surface area contributed by atoms with Gasteiger partial charge < -0.3 is 14.4 Å². The lowest BCUT2D eigenvalue weighted by atomic mass is 10.1. The average molecular weight is 538 g/mol. The van der Waals surface area contributed by atoms with Gasteiger partial charge in [0.1, 0.15) is 11.5 Å². The number of hydrogen-bond acceptors (Lipinski definition) is 7. The Morgan fingerprint density at radius 1 is 1.00 bits per heavy atom. The molecule has 1 fully saturated rings. The minimum absolute atomic E-state index is 0.319. The van der Waals surface area contributed by atoms with Crippen molar-refractivity contribution in [3.8, 4) is 11.5 Å². The Balaban J connectivity index is 1.40. The van der Waals surface area contributed by atoms with Gasteiger partial charge in [-0.3, -0.25) is 0 Å². The minimum atomic E-state index is -3.49. The minimum Gasteiger partial charge on any atom is -0.497 e.